The van der Waals surface area contributed by atoms with Crippen molar-refractivity contribution in [1.82, 2.24) is 5.32 Å². The molecule has 0 spiro atoms. The maximum absolute atomic E-state index is 10.6. The van der Waals surface area contributed by atoms with Crippen LogP contribution in [0.4, 0.5) is 13.2 Å². The van der Waals surface area contributed by atoms with Crippen molar-refractivity contribution in [2.75, 3.05) is 19.7 Å². The first-order valence-electron chi connectivity index (χ1n) is 6.69. The fourth-order valence-electron chi connectivity index (χ4n) is 1.86. The molecule has 0 aliphatic carbocycles. The largest absolute Gasteiger partial charge is 0.492 e. The van der Waals surface area contributed by atoms with Gasteiger partial charge in [0.05, 0.1) is 11.1 Å². The van der Waals surface area contributed by atoms with Crippen molar-refractivity contribution < 1.29 is 27.8 Å². The van der Waals surface area contributed by atoms with E-state index in [2.05, 4.69) is 21.2 Å². The zero-order valence-corrected chi connectivity index (χ0v) is 13.3. The molecule has 0 amide bonds. The van der Waals surface area contributed by atoms with E-state index in [0.29, 0.717) is 0 Å². The van der Waals surface area contributed by atoms with E-state index in [1.54, 1.807) is 0 Å². The molecule has 1 atom stereocenters. The zero-order valence-electron chi connectivity index (χ0n) is 11.7. The number of hydrogen-bond donors (Lipinski definition) is 2. The number of alkyl halides is 3. The van der Waals surface area contributed by atoms with Crippen LogP contribution in [0.2, 0.25) is 0 Å². The number of halogens is 4. The van der Waals surface area contributed by atoms with Crippen molar-refractivity contribution in [3.05, 3.63) is 28.7 Å². The molecule has 22 heavy (non-hydrogen) atoms. The van der Waals surface area contributed by atoms with Gasteiger partial charge in [-0.25, -0.2) is 4.79 Å². The van der Waals surface area contributed by atoms with Crippen molar-refractivity contribution in [2.24, 2.45) is 5.92 Å². The van der Waals surface area contributed by atoms with Crippen molar-refractivity contribution in [1.29, 1.82) is 0 Å². The molecule has 0 aromatic heterocycles. The second-order valence-corrected chi connectivity index (χ2v) is 5.58. The zero-order chi connectivity index (χ0) is 16.6. The van der Waals surface area contributed by atoms with Gasteiger partial charge >= 0.3 is 12.1 Å². The van der Waals surface area contributed by atoms with Gasteiger partial charge in [0, 0.05) is 0 Å². The van der Waals surface area contributed by atoms with Gasteiger partial charge in [-0.05, 0) is 59.9 Å². The molecule has 0 bridgehead atoms. The molecule has 8 heteroatoms. The maximum atomic E-state index is 10.6. The van der Waals surface area contributed by atoms with Gasteiger partial charge in [0.1, 0.15) is 5.75 Å². The topological polar surface area (TPSA) is 58.6 Å². The summed E-state index contributed by atoms with van der Waals surface area (Å²) in [6.07, 6.45) is -2.65. The van der Waals surface area contributed by atoms with Gasteiger partial charge in [-0.1, -0.05) is 12.1 Å². The van der Waals surface area contributed by atoms with E-state index in [0.717, 1.165) is 35.7 Å². The van der Waals surface area contributed by atoms with Gasteiger partial charge in [-0.2, -0.15) is 13.2 Å². The van der Waals surface area contributed by atoms with Crippen LogP contribution in [-0.2, 0) is 4.79 Å². The Morgan fingerprint density at radius 1 is 1.41 bits per heavy atom. The van der Waals surface area contributed by atoms with Crippen LogP contribution in [0.25, 0.3) is 0 Å². The number of aliphatic carboxylic acids is 1. The lowest BCUT2D eigenvalue weighted by Crippen LogP contribution is -2.21. The average molecular weight is 384 g/mol. The van der Waals surface area contributed by atoms with E-state index in [-0.39, 0.29) is 0 Å². The summed E-state index contributed by atoms with van der Waals surface area (Å²) in [5.41, 5.74) is 0. The molecule has 1 aromatic rings. The van der Waals surface area contributed by atoms with Crippen molar-refractivity contribution in [3.63, 3.8) is 0 Å². The standard InChI is InChI=1S/C12H16BrNO.C2HF3O2/c13-11-3-1-2-4-12(11)15-8-6-10-5-7-14-9-10;3-2(4,5)1(6)7/h1-4,10,14H,5-9H2;(H,6,7). The van der Waals surface area contributed by atoms with Gasteiger partial charge in [0.25, 0.3) is 0 Å². The molecular weight excluding hydrogens is 367 g/mol. The molecule has 0 radical (unpaired) electrons. The van der Waals surface area contributed by atoms with Crippen LogP contribution in [0.5, 0.6) is 5.75 Å². The number of benzene rings is 1. The molecule has 1 aliphatic rings. The highest BCUT2D eigenvalue weighted by molar-refractivity contribution is 9.10. The molecule has 2 rings (SSSR count). The van der Waals surface area contributed by atoms with E-state index >= 15 is 0 Å². The first-order valence-corrected chi connectivity index (χ1v) is 7.48. The van der Waals surface area contributed by atoms with Crippen LogP contribution >= 0.6 is 15.9 Å². The highest BCUT2D eigenvalue weighted by Gasteiger charge is 2.38. The summed E-state index contributed by atoms with van der Waals surface area (Å²) in [7, 11) is 0. The lowest BCUT2D eigenvalue weighted by molar-refractivity contribution is -0.192. The van der Waals surface area contributed by atoms with Crippen LogP contribution in [-0.4, -0.2) is 36.9 Å². The first kappa shape index (κ1) is 18.8. The summed E-state index contributed by atoms with van der Waals surface area (Å²) >= 11 is 3.47. The normalized spacial score (nSPS) is 17.5. The van der Waals surface area contributed by atoms with Crippen molar-refractivity contribution in [2.45, 2.75) is 19.0 Å². The summed E-state index contributed by atoms with van der Waals surface area (Å²) in [5, 5.41) is 10.5. The number of rotatable bonds is 4. The third kappa shape index (κ3) is 7.13. The lowest BCUT2D eigenvalue weighted by Gasteiger charge is -2.10. The maximum Gasteiger partial charge on any atom is 0.490 e. The SMILES string of the molecule is Brc1ccccc1OCCC1CCNC1.O=C(O)C(F)(F)F. The van der Waals surface area contributed by atoms with Crippen molar-refractivity contribution >= 4 is 21.9 Å². The molecule has 124 valence electrons. The second kappa shape index (κ2) is 8.99. The first-order chi connectivity index (χ1) is 10.3. The summed E-state index contributed by atoms with van der Waals surface area (Å²) in [6.45, 7) is 3.13. The van der Waals surface area contributed by atoms with Gasteiger partial charge in [0.15, 0.2) is 0 Å². The fraction of sp³-hybridized carbons (Fsp3) is 0.500. The highest BCUT2D eigenvalue weighted by atomic mass is 79.9. The Hall–Kier alpha value is -1.28. The number of carboxylic acid groups (broad SMARTS) is 1. The number of para-hydroxylation sites is 1. The smallest absolute Gasteiger partial charge is 0.490 e. The number of nitrogens with one attached hydrogen (secondary N) is 1. The predicted molar refractivity (Wildman–Crippen MR) is 78.9 cm³/mol. The second-order valence-electron chi connectivity index (χ2n) is 4.73. The summed E-state index contributed by atoms with van der Waals surface area (Å²) in [5.74, 6) is -1.01. The van der Waals surface area contributed by atoms with E-state index in [4.69, 9.17) is 14.6 Å². The Kier molecular flexibility index (Phi) is 7.67. The Morgan fingerprint density at radius 3 is 2.55 bits per heavy atom. The quantitative estimate of drug-likeness (QED) is 0.835. The molecular formula is C14H17BrF3NO3. The van der Waals surface area contributed by atoms with Gasteiger partial charge < -0.3 is 15.2 Å². The van der Waals surface area contributed by atoms with Crippen LogP contribution in [0, 0.1) is 5.92 Å². The predicted octanol–water partition coefficient (Wildman–Crippen LogP) is 3.46. The minimum Gasteiger partial charge on any atom is -0.492 e. The third-order valence-corrected chi connectivity index (χ3v) is 3.68. The third-order valence-electron chi connectivity index (χ3n) is 3.03. The molecule has 2 N–H and O–H groups in total. The summed E-state index contributed by atoms with van der Waals surface area (Å²) in [4.78, 5) is 8.90. The van der Waals surface area contributed by atoms with Gasteiger partial charge in [-0.3, -0.25) is 0 Å². The van der Waals surface area contributed by atoms with Gasteiger partial charge in [0.2, 0.25) is 0 Å². The molecule has 0 saturated carbocycles. The minimum absolute atomic E-state index is 0.799. The van der Waals surface area contributed by atoms with Crippen LogP contribution in [0.3, 0.4) is 0 Å². The minimum atomic E-state index is -5.08. The molecule has 1 unspecified atom stereocenters. The molecule has 1 fully saturated rings. The number of carboxylic acids is 1. The molecule has 1 aromatic carbocycles. The Bertz CT molecular complexity index is 477. The number of hydrogen-bond acceptors (Lipinski definition) is 3. The van der Waals surface area contributed by atoms with E-state index < -0.39 is 12.1 Å². The molecule has 1 heterocycles. The molecule has 1 aliphatic heterocycles. The Labute approximate surface area is 134 Å². The van der Waals surface area contributed by atoms with E-state index in [1.807, 2.05) is 24.3 Å². The van der Waals surface area contributed by atoms with Crippen molar-refractivity contribution in [3.8, 4) is 5.75 Å². The summed E-state index contributed by atoms with van der Waals surface area (Å²) in [6, 6.07) is 8.00. The van der Waals surface area contributed by atoms with Crippen LogP contribution in [0.1, 0.15) is 12.8 Å². The fourth-order valence-corrected chi connectivity index (χ4v) is 2.26. The van der Waals surface area contributed by atoms with Gasteiger partial charge in [-0.15, -0.1) is 0 Å². The highest BCUT2D eigenvalue weighted by Crippen LogP contribution is 2.24. The van der Waals surface area contributed by atoms with Crippen LogP contribution in [0.15, 0.2) is 28.7 Å². The molecule has 1 saturated heterocycles. The monoisotopic (exact) mass is 383 g/mol. The van der Waals surface area contributed by atoms with E-state index in [9.17, 15) is 13.2 Å². The number of carbonyl (C=O) groups is 1. The number of ether oxygens (including phenoxy) is 1. The van der Waals surface area contributed by atoms with E-state index in [1.165, 1.54) is 13.0 Å². The lowest BCUT2D eigenvalue weighted by atomic mass is 10.1. The Morgan fingerprint density at radius 2 is 2.05 bits per heavy atom. The average Bonchev–Trinajstić information content (AvgIpc) is 2.94. The van der Waals surface area contributed by atoms with Crippen LogP contribution < -0.4 is 10.1 Å². The Balaban J connectivity index is 0.000000295. The summed E-state index contributed by atoms with van der Waals surface area (Å²) < 4.78 is 38.5. The molecule has 4 nitrogen and oxygen atoms in total.